The molecule has 0 atom stereocenters. The first-order chi connectivity index (χ1) is 9.25. The molecule has 99 valence electrons. The van der Waals surface area contributed by atoms with Crippen molar-refractivity contribution in [3.05, 3.63) is 66.6 Å². The number of hydrogen-bond acceptors (Lipinski definition) is 2. The van der Waals surface area contributed by atoms with Crippen molar-refractivity contribution in [1.82, 2.24) is 0 Å². The summed E-state index contributed by atoms with van der Waals surface area (Å²) in [5.41, 5.74) is 2.46. The Bertz CT molecular complexity index is 476. The molecule has 0 aliphatic heterocycles. The van der Waals surface area contributed by atoms with Crippen molar-refractivity contribution < 1.29 is 4.74 Å². The predicted octanol–water partition coefficient (Wildman–Crippen LogP) is 3.77. The van der Waals surface area contributed by atoms with Crippen LogP contribution in [0.4, 0.5) is 5.69 Å². The van der Waals surface area contributed by atoms with E-state index in [-0.39, 0.29) is 0 Å². The van der Waals surface area contributed by atoms with Crippen LogP contribution in [0.15, 0.2) is 54.6 Å². The molecule has 19 heavy (non-hydrogen) atoms. The predicted molar refractivity (Wildman–Crippen MR) is 80.7 cm³/mol. The Balaban J connectivity index is 1.74. The van der Waals surface area contributed by atoms with Crippen LogP contribution >= 0.6 is 0 Å². The second kappa shape index (κ2) is 6.83. The van der Waals surface area contributed by atoms with E-state index < -0.39 is 0 Å². The SMILES string of the molecule is CN(C)c1ccc([CH]CCOc2ccccc2)cc1. The summed E-state index contributed by atoms with van der Waals surface area (Å²) < 4.78 is 5.65. The van der Waals surface area contributed by atoms with E-state index in [9.17, 15) is 0 Å². The largest absolute Gasteiger partial charge is 0.494 e. The summed E-state index contributed by atoms with van der Waals surface area (Å²) in [6, 6.07) is 18.4. The van der Waals surface area contributed by atoms with E-state index in [1.807, 2.05) is 44.4 Å². The van der Waals surface area contributed by atoms with Gasteiger partial charge >= 0.3 is 0 Å². The molecule has 0 fully saturated rings. The van der Waals surface area contributed by atoms with Gasteiger partial charge in [0.05, 0.1) is 6.61 Å². The maximum atomic E-state index is 5.65. The highest BCUT2D eigenvalue weighted by Crippen LogP contribution is 2.15. The minimum Gasteiger partial charge on any atom is -0.494 e. The molecule has 0 spiro atoms. The number of nitrogens with zero attached hydrogens (tertiary/aromatic N) is 1. The summed E-state index contributed by atoms with van der Waals surface area (Å²) in [4.78, 5) is 2.10. The minimum absolute atomic E-state index is 0.708. The number of benzene rings is 2. The number of para-hydroxylation sites is 1. The quantitative estimate of drug-likeness (QED) is 0.727. The van der Waals surface area contributed by atoms with Gasteiger partial charge in [0, 0.05) is 19.8 Å². The molecule has 2 aromatic carbocycles. The van der Waals surface area contributed by atoms with Crippen molar-refractivity contribution in [1.29, 1.82) is 0 Å². The highest BCUT2D eigenvalue weighted by molar-refractivity contribution is 5.47. The second-order valence-corrected chi connectivity index (χ2v) is 4.64. The Kier molecular flexibility index (Phi) is 4.85. The Morgan fingerprint density at radius 3 is 2.26 bits per heavy atom. The number of anilines is 1. The van der Waals surface area contributed by atoms with Gasteiger partial charge in [0.2, 0.25) is 0 Å². The normalized spacial score (nSPS) is 10.2. The molecule has 0 bridgehead atoms. The molecule has 0 heterocycles. The van der Waals surface area contributed by atoms with E-state index >= 15 is 0 Å². The van der Waals surface area contributed by atoms with Crippen molar-refractivity contribution in [2.45, 2.75) is 6.42 Å². The molecular weight excluding hydrogens is 234 g/mol. The summed E-state index contributed by atoms with van der Waals surface area (Å²) in [6.07, 6.45) is 3.11. The van der Waals surface area contributed by atoms with Crippen LogP contribution < -0.4 is 9.64 Å². The average Bonchev–Trinajstić information content (AvgIpc) is 2.45. The van der Waals surface area contributed by atoms with Crippen LogP contribution in [-0.2, 0) is 0 Å². The Hall–Kier alpha value is -1.96. The smallest absolute Gasteiger partial charge is 0.119 e. The molecule has 0 aromatic heterocycles. The molecule has 2 rings (SSSR count). The van der Waals surface area contributed by atoms with E-state index in [0.29, 0.717) is 6.61 Å². The first-order valence-electron chi connectivity index (χ1n) is 6.54. The van der Waals surface area contributed by atoms with Crippen LogP contribution in [0.2, 0.25) is 0 Å². The van der Waals surface area contributed by atoms with Gasteiger partial charge in [-0.05, 0) is 42.7 Å². The molecular formula is C17H20NO. The summed E-state index contributed by atoms with van der Waals surface area (Å²) >= 11 is 0. The lowest BCUT2D eigenvalue weighted by Gasteiger charge is -2.12. The van der Waals surface area contributed by atoms with Crippen LogP contribution in [0.3, 0.4) is 0 Å². The van der Waals surface area contributed by atoms with Crippen molar-refractivity contribution in [2.75, 3.05) is 25.6 Å². The van der Waals surface area contributed by atoms with Gasteiger partial charge in [-0.15, -0.1) is 0 Å². The molecule has 0 unspecified atom stereocenters. The lowest BCUT2D eigenvalue weighted by molar-refractivity contribution is 0.321. The number of ether oxygens (including phenoxy) is 1. The third kappa shape index (κ3) is 4.32. The lowest BCUT2D eigenvalue weighted by Crippen LogP contribution is -2.08. The molecule has 0 aliphatic rings. The zero-order valence-electron chi connectivity index (χ0n) is 11.5. The Labute approximate surface area is 115 Å². The van der Waals surface area contributed by atoms with Crippen molar-refractivity contribution in [3.8, 4) is 5.75 Å². The summed E-state index contributed by atoms with van der Waals surface area (Å²) in [7, 11) is 4.10. The third-order valence-corrected chi connectivity index (χ3v) is 2.92. The maximum Gasteiger partial charge on any atom is 0.119 e. The van der Waals surface area contributed by atoms with E-state index in [4.69, 9.17) is 4.74 Å². The lowest BCUT2D eigenvalue weighted by atomic mass is 10.1. The van der Waals surface area contributed by atoms with Crippen LogP contribution in [0.5, 0.6) is 5.75 Å². The van der Waals surface area contributed by atoms with Crippen LogP contribution in [0.1, 0.15) is 12.0 Å². The van der Waals surface area contributed by atoms with E-state index in [2.05, 4.69) is 35.6 Å². The van der Waals surface area contributed by atoms with Gasteiger partial charge in [0.25, 0.3) is 0 Å². The minimum atomic E-state index is 0.708. The fourth-order valence-electron chi connectivity index (χ4n) is 1.83. The Morgan fingerprint density at radius 1 is 0.947 bits per heavy atom. The van der Waals surface area contributed by atoms with Crippen LogP contribution in [-0.4, -0.2) is 20.7 Å². The number of hydrogen-bond donors (Lipinski definition) is 0. The number of rotatable bonds is 6. The third-order valence-electron chi connectivity index (χ3n) is 2.92. The molecule has 2 aromatic rings. The topological polar surface area (TPSA) is 12.5 Å². The van der Waals surface area contributed by atoms with E-state index in [1.165, 1.54) is 11.3 Å². The van der Waals surface area contributed by atoms with Gasteiger partial charge < -0.3 is 9.64 Å². The summed E-state index contributed by atoms with van der Waals surface area (Å²) in [5, 5.41) is 0. The van der Waals surface area contributed by atoms with Gasteiger partial charge in [0.1, 0.15) is 5.75 Å². The van der Waals surface area contributed by atoms with Gasteiger partial charge in [-0.1, -0.05) is 30.3 Å². The van der Waals surface area contributed by atoms with Gasteiger partial charge in [0.15, 0.2) is 0 Å². The van der Waals surface area contributed by atoms with Gasteiger partial charge in [-0.3, -0.25) is 0 Å². The zero-order chi connectivity index (χ0) is 13.5. The molecule has 0 amide bonds. The van der Waals surface area contributed by atoms with E-state index in [0.717, 1.165) is 12.2 Å². The molecule has 0 saturated carbocycles. The summed E-state index contributed by atoms with van der Waals surface area (Å²) in [6.45, 7) is 0.708. The molecule has 0 saturated heterocycles. The fraction of sp³-hybridized carbons (Fsp3) is 0.235. The highest BCUT2D eigenvalue weighted by atomic mass is 16.5. The Morgan fingerprint density at radius 2 is 1.63 bits per heavy atom. The second-order valence-electron chi connectivity index (χ2n) is 4.64. The monoisotopic (exact) mass is 254 g/mol. The van der Waals surface area contributed by atoms with Gasteiger partial charge in [-0.2, -0.15) is 0 Å². The average molecular weight is 254 g/mol. The van der Waals surface area contributed by atoms with Crippen molar-refractivity contribution in [3.63, 3.8) is 0 Å². The molecule has 2 heteroatoms. The maximum absolute atomic E-state index is 5.65. The first kappa shape index (κ1) is 13.5. The molecule has 2 nitrogen and oxygen atoms in total. The van der Waals surface area contributed by atoms with Crippen molar-refractivity contribution in [2.24, 2.45) is 0 Å². The standard InChI is InChI=1S/C17H20NO/c1-18(2)16-12-10-15(11-13-16)7-6-14-19-17-8-4-3-5-9-17/h3-5,7-13H,6,14H2,1-2H3. The van der Waals surface area contributed by atoms with E-state index in [1.54, 1.807) is 0 Å². The first-order valence-corrected chi connectivity index (χ1v) is 6.54. The van der Waals surface area contributed by atoms with Gasteiger partial charge in [-0.25, -0.2) is 0 Å². The molecule has 0 N–H and O–H groups in total. The zero-order valence-corrected chi connectivity index (χ0v) is 11.5. The van der Waals surface area contributed by atoms with Crippen LogP contribution in [0.25, 0.3) is 0 Å². The summed E-state index contributed by atoms with van der Waals surface area (Å²) in [5.74, 6) is 0.929. The van der Waals surface area contributed by atoms with Crippen LogP contribution in [0, 0.1) is 6.42 Å². The molecule has 1 radical (unpaired) electrons. The molecule has 0 aliphatic carbocycles. The highest BCUT2D eigenvalue weighted by Gasteiger charge is 1.98. The van der Waals surface area contributed by atoms with Crippen molar-refractivity contribution >= 4 is 5.69 Å². The fourth-order valence-corrected chi connectivity index (χ4v) is 1.83.